The molecule has 0 bridgehead atoms. The molecule has 0 saturated heterocycles. The first-order chi connectivity index (χ1) is 6.58. The van der Waals surface area contributed by atoms with Gasteiger partial charge in [-0.1, -0.05) is 19.3 Å². The summed E-state index contributed by atoms with van der Waals surface area (Å²) in [7, 11) is 2.27. The molecule has 0 aromatic heterocycles. The van der Waals surface area contributed by atoms with Crippen LogP contribution >= 0.6 is 0 Å². The van der Waals surface area contributed by atoms with E-state index in [1.165, 1.54) is 32.1 Å². The summed E-state index contributed by atoms with van der Waals surface area (Å²) < 4.78 is 0. The molecule has 0 unspecified atom stereocenters. The lowest BCUT2D eigenvalue weighted by Crippen LogP contribution is -2.49. The molecule has 2 heteroatoms. The Kier molecular flexibility index (Phi) is 4.39. The van der Waals surface area contributed by atoms with Gasteiger partial charge in [-0.2, -0.15) is 0 Å². The highest BCUT2D eigenvalue weighted by molar-refractivity contribution is 4.85. The Balaban J connectivity index is 2.48. The first-order valence-electron chi connectivity index (χ1n) is 6.01. The molecule has 0 spiro atoms. The van der Waals surface area contributed by atoms with E-state index in [1.54, 1.807) is 0 Å². The second kappa shape index (κ2) is 5.13. The van der Waals surface area contributed by atoms with Crippen molar-refractivity contribution in [2.75, 3.05) is 13.6 Å². The maximum atomic E-state index is 5.66. The molecule has 2 N–H and O–H groups in total. The zero-order valence-electron chi connectivity index (χ0n) is 10.1. The van der Waals surface area contributed by atoms with Gasteiger partial charge >= 0.3 is 0 Å². The number of nitrogens with zero attached hydrogens (tertiary/aromatic N) is 1. The van der Waals surface area contributed by atoms with Crippen molar-refractivity contribution in [3.63, 3.8) is 0 Å². The van der Waals surface area contributed by atoms with Crippen LogP contribution in [-0.4, -0.2) is 30.1 Å². The van der Waals surface area contributed by atoms with Gasteiger partial charge in [0.2, 0.25) is 0 Å². The van der Waals surface area contributed by atoms with E-state index in [0.717, 1.165) is 19.0 Å². The first-order valence-corrected chi connectivity index (χ1v) is 6.01. The Morgan fingerprint density at radius 2 is 1.79 bits per heavy atom. The fourth-order valence-electron chi connectivity index (χ4n) is 2.49. The Morgan fingerprint density at radius 1 is 1.21 bits per heavy atom. The average Bonchev–Trinajstić information content (AvgIpc) is 2.18. The fourth-order valence-corrected chi connectivity index (χ4v) is 2.49. The average molecular weight is 198 g/mol. The van der Waals surface area contributed by atoms with E-state index in [-0.39, 0.29) is 5.54 Å². The molecule has 1 aliphatic carbocycles. The van der Waals surface area contributed by atoms with E-state index in [9.17, 15) is 0 Å². The van der Waals surface area contributed by atoms with Gasteiger partial charge in [0.05, 0.1) is 0 Å². The third kappa shape index (κ3) is 2.96. The summed E-state index contributed by atoms with van der Waals surface area (Å²) in [5.74, 6) is 0. The van der Waals surface area contributed by atoms with Gasteiger partial charge in [0, 0.05) is 11.6 Å². The SMILES string of the molecule is CN(C1CCCCC1)C(C)(C)CCN. The molecule has 0 heterocycles. The zero-order chi connectivity index (χ0) is 10.6. The van der Waals surface area contributed by atoms with Gasteiger partial charge in [-0.25, -0.2) is 0 Å². The Hall–Kier alpha value is -0.0800. The summed E-state index contributed by atoms with van der Waals surface area (Å²) in [6, 6.07) is 0.797. The molecule has 2 nitrogen and oxygen atoms in total. The van der Waals surface area contributed by atoms with Gasteiger partial charge in [-0.15, -0.1) is 0 Å². The van der Waals surface area contributed by atoms with Gasteiger partial charge in [0.25, 0.3) is 0 Å². The van der Waals surface area contributed by atoms with Crippen molar-refractivity contribution in [1.29, 1.82) is 0 Å². The van der Waals surface area contributed by atoms with Crippen molar-refractivity contribution in [3.05, 3.63) is 0 Å². The maximum Gasteiger partial charge on any atom is 0.0165 e. The normalized spacial score (nSPS) is 20.4. The second-order valence-electron chi connectivity index (χ2n) is 5.25. The standard InChI is InChI=1S/C12H26N2/c1-12(2,9-10-13)14(3)11-7-5-4-6-8-11/h11H,4-10,13H2,1-3H3. The Morgan fingerprint density at radius 3 is 2.29 bits per heavy atom. The van der Waals surface area contributed by atoms with Crippen molar-refractivity contribution >= 4 is 0 Å². The largest absolute Gasteiger partial charge is 0.330 e. The van der Waals surface area contributed by atoms with Crippen molar-refractivity contribution < 1.29 is 0 Å². The molecule has 0 aromatic carbocycles. The third-order valence-corrected chi connectivity index (χ3v) is 3.83. The van der Waals surface area contributed by atoms with Gasteiger partial charge in [0.15, 0.2) is 0 Å². The van der Waals surface area contributed by atoms with Crippen molar-refractivity contribution in [2.24, 2.45) is 5.73 Å². The summed E-state index contributed by atoms with van der Waals surface area (Å²) in [6.07, 6.45) is 8.11. The molecular formula is C12H26N2. The molecule has 0 atom stereocenters. The highest BCUT2D eigenvalue weighted by Gasteiger charge is 2.29. The lowest BCUT2D eigenvalue weighted by Gasteiger charge is -2.42. The smallest absolute Gasteiger partial charge is 0.0165 e. The van der Waals surface area contributed by atoms with Gasteiger partial charge in [0.1, 0.15) is 0 Å². The first kappa shape index (κ1) is 12.0. The molecule has 0 amide bonds. The maximum absolute atomic E-state index is 5.66. The minimum Gasteiger partial charge on any atom is -0.330 e. The highest BCUT2D eigenvalue weighted by Crippen LogP contribution is 2.28. The Bertz CT molecular complexity index is 160. The van der Waals surface area contributed by atoms with E-state index in [2.05, 4.69) is 25.8 Å². The summed E-state index contributed by atoms with van der Waals surface area (Å²) in [4.78, 5) is 2.55. The van der Waals surface area contributed by atoms with Crippen molar-refractivity contribution in [3.8, 4) is 0 Å². The quantitative estimate of drug-likeness (QED) is 0.751. The van der Waals surface area contributed by atoms with E-state index in [4.69, 9.17) is 5.73 Å². The molecule has 84 valence electrons. The van der Waals surface area contributed by atoms with Crippen LogP contribution in [0.4, 0.5) is 0 Å². The summed E-state index contributed by atoms with van der Waals surface area (Å²) in [5.41, 5.74) is 5.93. The molecule has 0 aliphatic heterocycles. The van der Waals surface area contributed by atoms with Crippen LogP contribution in [0.15, 0.2) is 0 Å². The number of hydrogen-bond donors (Lipinski definition) is 1. The van der Waals surface area contributed by atoms with E-state index >= 15 is 0 Å². The summed E-state index contributed by atoms with van der Waals surface area (Å²) in [6.45, 7) is 5.42. The van der Waals surface area contributed by atoms with Crippen LogP contribution in [0, 0.1) is 0 Å². The lowest BCUT2D eigenvalue weighted by atomic mass is 9.89. The van der Waals surface area contributed by atoms with Crippen LogP contribution in [0.2, 0.25) is 0 Å². The number of rotatable bonds is 4. The number of nitrogens with two attached hydrogens (primary N) is 1. The van der Waals surface area contributed by atoms with Crippen LogP contribution in [0.5, 0.6) is 0 Å². The lowest BCUT2D eigenvalue weighted by molar-refractivity contribution is 0.0732. The van der Waals surface area contributed by atoms with Crippen LogP contribution < -0.4 is 5.73 Å². The number of hydrogen-bond acceptors (Lipinski definition) is 2. The van der Waals surface area contributed by atoms with Gasteiger partial charge < -0.3 is 5.73 Å². The monoisotopic (exact) mass is 198 g/mol. The fraction of sp³-hybridized carbons (Fsp3) is 1.00. The minimum atomic E-state index is 0.275. The van der Waals surface area contributed by atoms with Crippen LogP contribution in [-0.2, 0) is 0 Å². The Labute approximate surface area is 88.8 Å². The van der Waals surface area contributed by atoms with Crippen LogP contribution in [0.1, 0.15) is 52.4 Å². The van der Waals surface area contributed by atoms with Crippen molar-refractivity contribution in [2.45, 2.75) is 64.0 Å². The van der Waals surface area contributed by atoms with Gasteiger partial charge in [-0.3, -0.25) is 4.90 Å². The molecule has 1 rings (SSSR count). The topological polar surface area (TPSA) is 29.3 Å². The second-order valence-corrected chi connectivity index (χ2v) is 5.25. The van der Waals surface area contributed by atoms with Crippen molar-refractivity contribution in [1.82, 2.24) is 4.90 Å². The predicted molar refractivity (Wildman–Crippen MR) is 62.4 cm³/mol. The molecule has 0 radical (unpaired) electrons. The van der Waals surface area contributed by atoms with Crippen LogP contribution in [0.3, 0.4) is 0 Å². The van der Waals surface area contributed by atoms with Crippen LogP contribution in [0.25, 0.3) is 0 Å². The molecular weight excluding hydrogens is 172 g/mol. The van der Waals surface area contributed by atoms with E-state index in [1.807, 2.05) is 0 Å². The molecule has 14 heavy (non-hydrogen) atoms. The predicted octanol–water partition coefficient (Wildman–Crippen LogP) is 2.38. The van der Waals surface area contributed by atoms with E-state index < -0.39 is 0 Å². The summed E-state index contributed by atoms with van der Waals surface area (Å²) in [5, 5.41) is 0. The zero-order valence-corrected chi connectivity index (χ0v) is 10.1. The van der Waals surface area contributed by atoms with E-state index in [0.29, 0.717) is 0 Å². The molecule has 0 aromatic rings. The summed E-state index contributed by atoms with van der Waals surface area (Å²) >= 11 is 0. The molecule has 1 fully saturated rings. The van der Waals surface area contributed by atoms with Gasteiger partial charge in [-0.05, 0) is 46.7 Å². The highest BCUT2D eigenvalue weighted by atomic mass is 15.2. The third-order valence-electron chi connectivity index (χ3n) is 3.83. The minimum absolute atomic E-state index is 0.275. The molecule has 1 saturated carbocycles. The molecule has 1 aliphatic rings.